The second kappa shape index (κ2) is 9.44. The van der Waals surface area contributed by atoms with Gasteiger partial charge in [0, 0.05) is 6.61 Å². The minimum absolute atomic E-state index is 0.0810. The van der Waals surface area contributed by atoms with E-state index in [-0.39, 0.29) is 19.1 Å². The minimum atomic E-state index is -0.963. The van der Waals surface area contributed by atoms with E-state index in [4.69, 9.17) is 20.4 Å². The maximum Gasteiger partial charge on any atom is 0.305 e. The molecule has 0 bridgehead atoms. The molecule has 80 valence electrons. The Morgan fingerprint density at radius 3 is 1.69 bits per heavy atom. The molecular formula is C8H18O5. The molecule has 2 atom stereocenters. The fourth-order valence-electron chi connectivity index (χ4n) is 0.440. The van der Waals surface area contributed by atoms with Crippen LogP contribution in [0.5, 0.6) is 0 Å². The Labute approximate surface area is 77.6 Å². The van der Waals surface area contributed by atoms with Crippen LogP contribution in [0.4, 0.5) is 0 Å². The molecule has 0 heterocycles. The first kappa shape index (κ1) is 14.9. The second-order valence-electron chi connectivity index (χ2n) is 2.81. The molecule has 0 saturated carbocycles. The van der Waals surface area contributed by atoms with Gasteiger partial charge in [0.1, 0.15) is 0 Å². The van der Waals surface area contributed by atoms with Crippen LogP contribution >= 0.6 is 0 Å². The first-order chi connectivity index (χ1) is 5.90. The molecule has 0 aliphatic rings. The zero-order chi connectivity index (χ0) is 10.9. The molecule has 0 radical (unpaired) electrons. The van der Waals surface area contributed by atoms with E-state index >= 15 is 0 Å². The van der Waals surface area contributed by atoms with E-state index in [0.717, 1.165) is 0 Å². The van der Waals surface area contributed by atoms with E-state index < -0.39 is 12.1 Å². The van der Waals surface area contributed by atoms with Gasteiger partial charge in [0.25, 0.3) is 0 Å². The van der Waals surface area contributed by atoms with Crippen LogP contribution in [-0.4, -0.2) is 45.2 Å². The Balaban J connectivity index is 0. The van der Waals surface area contributed by atoms with Crippen molar-refractivity contribution in [2.45, 2.75) is 38.9 Å². The summed E-state index contributed by atoms with van der Waals surface area (Å²) in [5, 5.41) is 32.7. The number of rotatable bonds is 4. The van der Waals surface area contributed by atoms with Gasteiger partial charge in [-0.2, -0.15) is 0 Å². The number of hydrogen-bond donors (Lipinski definition) is 4. The summed E-state index contributed by atoms with van der Waals surface area (Å²) in [7, 11) is 0. The van der Waals surface area contributed by atoms with Crippen molar-refractivity contribution in [2.24, 2.45) is 0 Å². The second-order valence-corrected chi connectivity index (χ2v) is 2.81. The van der Waals surface area contributed by atoms with Crippen molar-refractivity contribution in [3.63, 3.8) is 0 Å². The van der Waals surface area contributed by atoms with Crippen LogP contribution in [0.1, 0.15) is 26.7 Å². The zero-order valence-electron chi connectivity index (χ0n) is 7.97. The van der Waals surface area contributed by atoms with Gasteiger partial charge in [-0.15, -0.1) is 0 Å². The topological polar surface area (TPSA) is 98.0 Å². The van der Waals surface area contributed by atoms with Crippen molar-refractivity contribution >= 4 is 5.97 Å². The maximum atomic E-state index is 9.65. The van der Waals surface area contributed by atoms with Crippen molar-refractivity contribution in [1.29, 1.82) is 0 Å². The van der Waals surface area contributed by atoms with E-state index in [9.17, 15) is 4.79 Å². The lowest BCUT2D eigenvalue weighted by Gasteiger charge is -1.95. The molecule has 5 nitrogen and oxygen atoms in total. The third kappa shape index (κ3) is 24.6. The number of aliphatic hydroxyl groups is 3. The van der Waals surface area contributed by atoms with E-state index in [1.165, 1.54) is 6.92 Å². The Bertz CT molecular complexity index is 122. The SMILES string of the molecule is CC(O)CCO.C[C@@H](O)CC(=O)O. The molecule has 0 amide bonds. The van der Waals surface area contributed by atoms with Crippen LogP contribution in [0, 0.1) is 0 Å². The zero-order valence-corrected chi connectivity index (χ0v) is 7.97. The lowest BCUT2D eigenvalue weighted by atomic mass is 10.3. The Hall–Kier alpha value is -0.650. The maximum absolute atomic E-state index is 9.65. The molecule has 0 spiro atoms. The van der Waals surface area contributed by atoms with E-state index in [2.05, 4.69) is 0 Å². The molecule has 0 rings (SSSR count). The quantitative estimate of drug-likeness (QED) is 0.488. The Morgan fingerprint density at radius 2 is 1.69 bits per heavy atom. The highest BCUT2D eigenvalue weighted by Gasteiger charge is 2.00. The normalized spacial score (nSPS) is 13.9. The summed E-state index contributed by atoms with van der Waals surface area (Å²) >= 11 is 0. The van der Waals surface area contributed by atoms with E-state index in [1.807, 2.05) is 0 Å². The molecule has 13 heavy (non-hydrogen) atoms. The van der Waals surface area contributed by atoms with Crippen LogP contribution in [0.3, 0.4) is 0 Å². The number of hydrogen-bond acceptors (Lipinski definition) is 4. The predicted molar refractivity (Wildman–Crippen MR) is 47.3 cm³/mol. The molecule has 4 N–H and O–H groups in total. The van der Waals surface area contributed by atoms with Gasteiger partial charge in [0.05, 0.1) is 18.6 Å². The summed E-state index contributed by atoms with van der Waals surface area (Å²) in [4.78, 5) is 9.65. The van der Waals surface area contributed by atoms with Crippen molar-refractivity contribution in [1.82, 2.24) is 0 Å². The van der Waals surface area contributed by atoms with E-state index in [1.54, 1.807) is 6.92 Å². The van der Waals surface area contributed by atoms with Crippen LogP contribution in [-0.2, 0) is 4.79 Å². The van der Waals surface area contributed by atoms with Gasteiger partial charge in [-0.05, 0) is 20.3 Å². The van der Waals surface area contributed by atoms with Gasteiger partial charge in [-0.1, -0.05) is 0 Å². The smallest absolute Gasteiger partial charge is 0.305 e. The predicted octanol–water partition coefficient (Wildman–Crippen LogP) is -0.409. The minimum Gasteiger partial charge on any atom is -0.481 e. The fourth-order valence-corrected chi connectivity index (χ4v) is 0.440. The highest BCUT2D eigenvalue weighted by atomic mass is 16.4. The summed E-state index contributed by atoms with van der Waals surface area (Å²) in [6, 6.07) is 0. The summed E-state index contributed by atoms with van der Waals surface area (Å²) < 4.78 is 0. The number of carbonyl (C=O) groups is 1. The van der Waals surface area contributed by atoms with Crippen LogP contribution in [0.15, 0.2) is 0 Å². The Morgan fingerprint density at radius 1 is 1.23 bits per heavy atom. The third-order valence-corrected chi connectivity index (χ3v) is 1.02. The van der Waals surface area contributed by atoms with Crippen molar-refractivity contribution in [3.8, 4) is 0 Å². The standard InChI is InChI=1S/C4H8O3.C4H10O2/c1-3(5)2-4(6)7;1-4(6)2-3-5/h3,5H,2H2,1H3,(H,6,7);4-6H,2-3H2,1H3/t3-;/m1./s1. The lowest BCUT2D eigenvalue weighted by molar-refractivity contribution is -0.138. The molecule has 5 heteroatoms. The number of carboxylic acid groups (broad SMARTS) is 1. The molecule has 0 aromatic rings. The van der Waals surface area contributed by atoms with Gasteiger partial charge in [0.2, 0.25) is 0 Å². The van der Waals surface area contributed by atoms with Crippen LogP contribution < -0.4 is 0 Å². The highest BCUT2D eigenvalue weighted by molar-refractivity contribution is 5.67. The molecular weight excluding hydrogens is 176 g/mol. The van der Waals surface area contributed by atoms with Gasteiger partial charge >= 0.3 is 5.97 Å². The first-order valence-corrected chi connectivity index (χ1v) is 4.09. The monoisotopic (exact) mass is 194 g/mol. The third-order valence-electron chi connectivity index (χ3n) is 1.02. The van der Waals surface area contributed by atoms with Crippen molar-refractivity contribution in [2.75, 3.05) is 6.61 Å². The van der Waals surface area contributed by atoms with Gasteiger partial charge in [-0.25, -0.2) is 0 Å². The van der Waals surface area contributed by atoms with Crippen molar-refractivity contribution in [3.05, 3.63) is 0 Å². The largest absolute Gasteiger partial charge is 0.481 e. The van der Waals surface area contributed by atoms with Crippen LogP contribution in [0.2, 0.25) is 0 Å². The molecule has 0 fully saturated rings. The number of aliphatic hydroxyl groups excluding tert-OH is 3. The molecule has 0 aliphatic carbocycles. The van der Waals surface area contributed by atoms with E-state index in [0.29, 0.717) is 6.42 Å². The molecule has 0 saturated heterocycles. The summed E-state index contributed by atoms with van der Waals surface area (Å²) in [6.07, 6.45) is -0.757. The summed E-state index contributed by atoms with van der Waals surface area (Å²) in [5.41, 5.74) is 0. The summed E-state index contributed by atoms with van der Waals surface area (Å²) in [5.74, 6) is -0.963. The average molecular weight is 194 g/mol. The van der Waals surface area contributed by atoms with Crippen LogP contribution in [0.25, 0.3) is 0 Å². The molecule has 0 aliphatic heterocycles. The molecule has 0 aromatic carbocycles. The fraction of sp³-hybridized carbons (Fsp3) is 0.875. The van der Waals surface area contributed by atoms with Gasteiger partial charge in [-0.3, -0.25) is 4.79 Å². The lowest BCUT2D eigenvalue weighted by Crippen LogP contribution is -2.07. The van der Waals surface area contributed by atoms with Gasteiger partial charge < -0.3 is 20.4 Å². The number of aliphatic carboxylic acids is 1. The summed E-state index contributed by atoms with van der Waals surface area (Å²) in [6.45, 7) is 3.17. The number of carboxylic acids is 1. The molecule has 1 unspecified atom stereocenters. The Kier molecular flexibility index (Phi) is 10.8. The van der Waals surface area contributed by atoms with Crippen molar-refractivity contribution < 1.29 is 25.2 Å². The van der Waals surface area contributed by atoms with Gasteiger partial charge in [0.15, 0.2) is 0 Å². The first-order valence-electron chi connectivity index (χ1n) is 4.09. The molecule has 0 aromatic heterocycles. The average Bonchev–Trinajstić information content (AvgIpc) is 1.83. The highest BCUT2D eigenvalue weighted by Crippen LogP contribution is 1.85.